The third-order valence-corrected chi connectivity index (χ3v) is 5.13. The first-order valence-corrected chi connectivity index (χ1v) is 7.30. The number of rotatable bonds is 3. The molecule has 0 saturated carbocycles. The van der Waals surface area contributed by atoms with Crippen LogP contribution in [0.2, 0.25) is 5.02 Å². The van der Waals surface area contributed by atoms with Gasteiger partial charge in [-0.25, -0.2) is 0 Å². The molecule has 3 heteroatoms. The van der Waals surface area contributed by atoms with E-state index in [1.165, 1.54) is 16.7 Å². The van der Waals surface area contributed by atoms with Crippen LogP contribution in [0.1, 0.15) is 33.2 Å². The topological polar surface area (TPSA) is 26.0 Å². The van der Waals surface area contributed by atoms with E-state index in [9.17, 15) is 0 Å². The summed E-state index contributed by atoms with van der Waals surface area (Å²) in [4.78, 5) is 1.09. The Morgan fingerprint density at radius 1 is 1.17 bits per heavy atom. The maximum absolute atomic E-state index is 6.26. The third kappa shape index (κ3) is 2.77. The van der Waals surface area contributed by atoms with Crippen molar-refractivity contribution in [3.05, 3.63) is 55.7 Å². The Morgan fingerprint density at radius 2 is 1.89 bits per heavy atom. The average Bonchev–Trinajstić information content (AvgIpc) is 2.65. The first-order chi connectivity index (χ1) is 8.49. The lowest BCUT2D eigenvalue weighted by Crippen LogP contribution is -2.12. The molecule has 0 aliphatic carbocycles. The fourth-order valence-corrected chi connectivity index (χ4v) is 3.31. The van der Waals surface area contributed by atoms with E-state index in [2.05, 4.69) is 37.4 Å². The maximum atomic E-state index is 6.26. The predicted molar refractivity (Wildman–Crippen MR) is 80.6 cm³/mol. The van der Waals surface area contributed by atoms with Crippen molar-refractivity contribution in [3.8, 4) is 0 Å². The van der Waals surface area contributed by atoms with Gasteiger partial charge >= 0.3 is 0 Å². The van der Waals surface area contributed by atoms with Crippen LogP contribution >= 0.6 is 22.9 Å². The molecule has 0 aliphatic rings. The molecule has 0 bridgehead atoms. The zero-order valence-corrected chi connectivity index (χ0v) is 12.5. The van der Waals surface area contributed by atoms with Gasteiger partial charge in [-0.15, -0.1) is 11.3 Å². The molecule has 0 aliphatic heterocycles. The minimum Gasteiger partial charge on any atom is -0.323 e. The summed E-state index contributed by atoms with van der Waals surface area (Å²) in [5, 5.41) is 2.90. The minimum absolute atomic E-state index is 0.0155. The second-order valence-corrected chi connectivity index (χ2v) is 6.12. The zero-order valence-electron chi connectivity index (χ0n) is 11.0. The van der Waals surface area contributed by atoms with E-state index in [1.807, 2.05) is 6.92 Å². The molecule has 1 aromatic carbocycles. The highest BCUT2D eigenvalue weighted by Gasteiger charge is 2.14. The summed E-state index contributed by atoms with van der Waals surface area (Å²) in [5.74, 6) is 0. The van der Waals surface area contributed by atoms with Gasteiger partial charge in [0.25, 0.3) is 0 Å². The summed E-state index contributed by atoms with van der Waals surface area (Å²) < 4.78 is 0. The summed E-state index contributed by atoms with van der Waals surface area (Å²) >= 11 is 7.91. The van der Waals surface area contributed by atoms with Crippen molar-refractivity contribution in [1.29, 1.82) is 0 Å². The van der Waals surface area contributed by atoms with Gasteiger partial charge < -0.3 is 5.73 Å². The van der Waals surface area contributed by atoms with E-state index in [-0.39, 0.29) is 6.04 Å². The minimum atomic E-state index is -0.0155. The quantitative estimate of drug-likeness (QED) is 0.875. The molecule has 2 N–H and O–H groups in total. The second kappa shape index (κ2) is 5.43. The van der Waals surface area contributed by atoms with Gasteiger partial charge in [0.05, 0.1) is 5.02 Å². The Hall–Kier alpha value is -0.830. The van der Waals surface area contributed by atoms with Crippen LogP contribution in [-0.2, 0) is 6.42 Å². The van der Waals surface area contributed by atoms with E-state index in [1.54, 1.807) is 11.3 Å². The molecule has 0 saturated heterocycles. The first-order valence-electron chi connectivity index (χ1n) is 6.04. The van der Waals surface area contributed by atoms with Gasteiger partial charge in [-0.2, -0.15) is 0 Å². The summed E-state index contributed by atoms with van der Waals surface area (Å²) in [6.45, 7) is 6.27. The van der Waals surface area contributed by atoms with Gasteiger partial charge in [-0.05, 0) is 54.8 Å². The van der Waals surface area contributed by atoms with Gasteiger partial charge in [-0.3, -0.25) is 0 Å². The van der Waals surface area contributed by atoms with Crippen molar-refractivity contribution in [2.24, 2.45) is 5.73 Å². The number of aryl methyl sites for hydroxylation is 3. The normalized spacial score (nSPS) is 12.7. The van der Waals surface area contributed by atoms with Crippen LogP contribution in [0.25, 0.3) is 0 Å². The van der Waals surface area contributed by atoms with Crippen molar-refractivity contribution in [3.63, 3.8) is 0 Å². The molecular weight excluding hydrogens is 262 g/mol. The van der Waals surface area contributed by atoms with Gasteiger partial charge in [0.1, 0.15) is 0 Å². The molecular formula is C15H18ClNS. The lowest BCUT2D eigenvalue weighted by Gasteiger charge is -2.12. The molecule has 2 rings (SSSR count). The molecule has 0 spiro atoms. The van der Waals surface area contributed by atoms with Crippen LogP contribution in [0.3, 0.4) is 0 Å². The molecule has 1 unspecified atom stereocenters. The fraction of sp³-hybridized carbons (Fsp3) is 0.333. The van der Waals surface area contributed by atoms with Crippen LogP contribution in [0.5, 0.6) is 0 Å². The number of thiophene rings is 1. The SMILES string of the molecule is Cc1ccc(CC(N)c2scc(C)c2Cl)cc1C. The lowest BCUT2D eigenvalue weighted by atomic mass is 10.0. The van der Waals surface area contributed by atoms with Crippen LogP contribution in [0.4, 0.5) is 0 Å². The summed E-state index contributed by atoms with van der Waals surface area (Å²) in [6.07, 6.45) is 0.834. The van der Waals surface area contributed by atoms with E-state index < -0.39 is 0 Å². The molecule has 1 aromatic heterocycles. The van der Waals surface area contributed by atoms with Crippen molar-refractivity contribution < 1.29 is 0 Å². The highest BCUT2D eigenvalue weighted by Crippen LogP contribution is 2.32. The molecule has 0 radical (unpaired) electrons. The number of hydrogen-bond acceptors (Lipinski definition) is 2. The molecule has 96 valence electrons. The van der Waals surface area contributed by atoms with Crippen LogP contribution in [0.15, 0.2) is 23.6 Å². The van der Waals surface area contributed by atoms with Gasteiger partial charge in [-0.1, -0.05) is 29.8 Å². The Balaban J connectivity index is 2.18. The number of nitrogens with two attached hydrogens (primary N) is 1. The molecule has 18 heavy (non-hydrogen) atoms. The maximum Gasteiger partial charge on any atom is 0.0590 e. The fourth-order valence-electron chi connectivity index (χ4n) is 1.98. The van der Waals surface area contributed by atoms with Gasteiger partial charge in [0, 0.05) is 10.9 Å². The molecule has 0 fully saturated rings. The summed E-state index contributed by atoms with van der Waals surface area (Å²) in [5.41, 5.74) is 11.3. The summed E-state index contributed by atoms with van der Waals surface area (Å²) in [6, 6.07) is 6.50. The van der Waals surface area contributed by atoms with Crippen molar-refractivity contribution in [2.45, 2.75) is 33.2 Å². The number of hydrogen-bond donors (Lipinski definition) is 1. The number of benzene rings is 1. The van der Waals surface area contributed by atoms with Crippen LogP contribution in [0, 0.1) is 20.8 Å². The van der Waals surface area contributed by atoms with E-state index in [4.69, 9.17) is 17.3 Å². The smallest absolute Gasteiger partial charge is 0.0590 e. The standard InChI is InChI=1S/C15H18ClNS/c1-9-4-5-12(6-10(9)2)7-13(17)15-14(16)11(3)8-18-15/h4-6,8,13H,7,17H2,1-3H3. The van der Waals surface area contributed by atoms with E-state index >= 15 is 0 Å². The molecule has 1 heterocycles. The Morgan fingerprint density at radius 3 is 2.44 bits per heavy atom. The Bertz CT molecular complexity index is 560. The lowest BCUT2D eigenvalue weighted by molar-refractivity contribution is 0.735. The van der Waals surface area contributed by atoms with Crippen LogP contribution < -0.4 is 5.73 Å². The Kier molecular flexibility index (Phi) is 4.10. The molecule has 2 aromatic rings. The summed E-state index contributed by atoms with van der Waals surface area (Å²) in [7, 11) is 0. The van der Waals surface area contributed by atoms with Gasteiger partial charge in [0.2, 0.25) is 0 Å². The van der Waals surface area contributed by atoms with E-state index in [0.717, 1.165) is 21.9 Å². The van der Waals surface area contributed by atoms with Crippen molar-refractivity contribution in [1.82, 2.24) is 0 Å². The molecule has 1 atom stereocenters. The second-order valence-electron chi connectivity index (χ2n) is 4.83. The average molecular weight is 280 g/mol. The van der Waals surface area contributed by atoms with Crippen LogP contribution in [-0.4, -0.2) is 0 Å². The molecule has 0 amide bonds. The van der Waals surface area contributed by atoms with Crippen molar-refractivity contribution >= 4 is 22.9 Å². The Labute approximate surface area is 118 Å². The predicted octanol–water partition coefficient (Wildman–Crippen LogP) is 4.57. The van der Waals surface area contributed by atoms with Gasteiger partial charge in [0.15, 0.2) is 0 Å². The molecule has 1 nitrogen and oxygen atoms in total. The monoisotopic (exact) mass is 279 g/mol. The largest absolute Gasteiger partial charge is 0.323 e. The van der Waals surface area contributed by atoms with E-state index in [0.29, 0.717) is 0 Å². The highest BCUT2D eigenvalue weighted by molar-refractivity contribution is 7.10. The zero-order chi connectivity index (χ0) is 13.3. The first kappa shape index (κ1) is 13.6. The highest BCUT2D eigenvalue weighted by atomic mass is 35.5. The number of halogens is 1. The van der Waals surface area contributed by atoms with Crippen molar-refractivity contribution in [2.75, 3.05) is 0 Å². The third-order valence-electron chi connectivity index (χ3n) is 3.29.